The van der Waals surface area contributed by atoms with E-state index in [0.717, 1.165) is 33.9 Å². The maximum atomic E-state index is 13.4. The second kappa shape index (κ2) is 10.2. The van der Waals surface area contributed by atoms with E-state index in [1.165, 1.54) is 21.0 Å². The Morgan fingerprint density at radius 2 is 1.61 bits per heavy atom. The molecule has 206 valence electrons. The van der Waals surface area contributed by atoms with Gasteiger partial charge in [0, 0.05) is 58.2 Å². The summed E-state index contributed by atoms with van der Waals surface area (Å²) in [4.78, 5) is 2.12. The van der Waals surface area contributed by atoms with Crippen molar-refractivity contribution in [3.8, 4) is 0 Å². The van der Waals surface area contributed by atoms with Gasteiger partial charge in [0.05, 0.1) is 24.5 Å². The van der Waals surface area contributed by atoms with Gasteiger partial charge in [-0.2, -0.15) is 4.31 Å². The predicted octanol–water partition coefficient (Wildman–Crippen LogP) is 1.52. The highest BCUT2D eigenvalue weighted by Gasteiger charge is 2.38. The number of likely N-dealkylation sites (N-methyl/N-ethyl adjacent to an activating group) is 1. The molecule has 2 N–H and O–H groups in total. The Balaban J connectivity index is 1.95. The van der Waals surface area contributed by atoms with Gasteiger partial charge in [-0.05, 0) is 64.8 Å². The van der Waals surface area contributed by atoms with E-state index in [-0.39, 0.29) is 37.5 Å². The van der Waals surface area contributed by atoms with E-state index in [0.29, 0.717) is 0 Å². The third kappa shape index (κ3) is 4.95. The number of fused-ring (bicyclic) bond motifs is 3. The molecule has 1 heterocycles. The van der Waals surface area contributed by atoms with Gasteiger partial charge < -0.3 is 15.1 Å². The minimum absolute atomic E-state index is 0.0363. The van der Waals surface area contributed by atoms with E-state index in [4.69, 9.17) is 0 Å². The van der Waals surface area contributed by atoms with Gasteiger partial charge in [0.1, 0.15) is 6.54 Å². The van der Waals surface area contributed by atoms with Crippen LogP contribution in [0.15, 0.2) is 36.4 Å². The largest absolute Gasteiger partial charge is 0.395 e. The zero-order chi connectivity index (χ0) is 28.0. The van der Waals surface area contributed by atoms with Crippen molar-refractivity contribution in [2.24, 2.45) is 0 Å². The van der Waals surface area contributed by atoms with E-state index in [1.807, 2.05) is 0 Å². The number of aliphatic hydroxyl groups excluding tert-OH is 2. The molecule has 0 aromatic heterocycles. The molecular weight excluding hydrogens is 498 g/mol. The summed E-state index contributed by atoms with van der Waals surface area (Å²) in [7, 11) is 0.348. The first-order valence-electron chi connectivity index (χ1n) is 13.3. The summed E-state index contributed by atoms with van der Waals surface area (Å²) in [6.45, 7) is 11.0. The van der Waals surface area contributed by atoms with E-state index in [2.05, 4.69) is 101 Å². The van der Waals surface area contributed by atoms with Crippen molar-refractivity contribution in [1.82, 2.24) is 8.88 Å². The molecule has 38 heavy (non-hydrogen) atoms. The number of hydrogen-bond donors (Lipinski definition) is 2. The molecule has 0 unspecified atom stereocenters. The van der Waals surface area contributed by atoms with Crippen LogP contribution in [0.3, 0.4) is 0 Å². The van der Waals surface area contributed by atoms with Gasteiger partial charge in [-0.15, -0.1) is 0 Å². The van der Waals surface area contributed by atoms with Gasteiger partial charge in [-0.25, -0.2) is 13.0 Å². The summed E-state index contributed by atoms with van der Waals surface area (Å²) in [6.07, 6.45) is 4.27. The van der Waals surface area contributed by atoms with Crippen molar-refractivity contribution < 1.29 is 18.6 Å². The zero-order valence-electron chi connectivity index (χ0n) is 23.7. The number of sulfonamides is 1. The van der Waals surface area contributed by atoms with Gasteiger partial charge in [0.25, 0.3) is 0 Å². The lowest BCUT2D eigenvalue weighted by molar-refractivity contribution is 0.218. The van der Waals surface area contributed by atoms with E-state index in [1.54, 1.807) is 0 Å². The molecule has 1 aliphatic carbocycles. The third-order valence-corrected chi connectivity index (χ3v) is 9.81. The quantitative estimate of drug-likeness (QED) is 0.472. The molecule has 0 bridgehead atoms. The second-order valence-electron chi connectivity index (χ2n) is 11.6. The first kappa shape index (κ1) is 28.5. The Hall–Kier alpha value is -2.52. The molecule has 0 fully saturated rings. The lowest BCUT2D eigenvalue weighted by Crippen LogP contribution is -2.51. The Labute approximate surface area is 227 Å². The highest BCUT2D eigenvalue weighted by Crippen LogP contribution is 2.37. The van der Waals surface area contributed by atoms with Crippen LogP contribution in [-0.2, 0) is 15.4 Å². The molecule has 0 radical (unpaired) electrons. The molecule has 0 atom stereocenters. The summed E-state index contributed by atoms with van der Waals surface area (Å²) >= 11 is 0. The van der Waals surface area contributed by atoms with Crippen molar-refractivity contribution in [3.05, 3.63) is 69.2 Å². The summed E-state index contributed by atoms with van der Waals surface area (Å²) in [5.74, 6) is -0.189. The number of aliphatic hydroxyl groups is 2. The minimum atomic E-state index is -3.76. The monoisotopic (exact) mass is 540 g/mol. The smallest absolute Gasteiger partial charge is 0.218 e. The van der Waals surface area contributed by atoms with Crippen LogP contribution in [0.1, 0.15) is 56.9 Å². The molecule has 0 amide bonds. The predicted molar refractivity (Wildman–Crippen MR) is 156 cm³/mol. The van der Waals surface area contributed by atoms with Crippen LogP contribution in [0.25, 0.3) is 11.6 Å². The molecule has 0 saturated heterocycles. The Morgan fingerprint density at radius 3 is 2.18 bits per heavy atom. The second-order valence-corrected chi connectivity index (χ2v) is 13.5. The van der Waals surface area contributed by atoms with E-state index < -0.39 is 15.6 Å². The molecule has 4 rings (SSSR count). The van der Waals surface area contributed by atoms with E-state index >= 15 is 0 Å². The van der Waals surface area contributed by atoms with Crippen molar-refractivity contribution >= 4 is 27.4 Å². The number of rotatable bonds is 9. The van der Waals surface area contributed by atoms with Crippen LogP contribution in [-0.4, -0.2) is 81.2 Å². The first-order chi connectivity index (χ1) is 17.8. The van der Waals surface area contributed by atoms with Gasteiger partial charge in [0.15, 0.2) is 5.54 Å². The molecule has 2 aromatic carbocycles. The molecular formula is C30H42N3O4S+. The topological polar surface area (TPSA) is 84.1 Å². The highest BCUT2D eigenvalue weighted by molar-refractivity contribution is 7.89. The fourth-order valence-electron chi connectivity index (χ4n) is 6.04. The fraction of sp³-hybridized carbons (Fsp3) is 0.500. The average molecular weight is 541 g/mol. The normalized spacial score (nSPS) is 17.3. The highest BCUT2D eigenvalue weighted by atomic mass is 32.2. The Kier molecular flexibility index (Phi) is 7.67. The van der Waals surface area contributed by atoms with Crippen molar-refractivity contribution in [3.63, 3.8) is 0 Å². The van der Waals surface area contributed by atoms with Crippen LogP contribution in [0.2, 0.25) is 0 Å². The van der Waals surface area contributed by atoms with Crippen LogP contribution in [0.5, 0.6) is 0 Å². The Morgan fingerprint density at radius 1 is 0.947 bits per heavy atom. The fourth-order valence-corrected chi connectivity index (χ4v) is 7.57. The van der Waals surface area contributed by atoms with Crippen LogP contribution in [0, 0.1) is 0 Å². The molecule has 1 aliphatic heterocycles. The summed E-state index contributed by atoms with van der Waals surface area (Å²) < 4.78 is 30.4. The van der Waals surface area contributed by atoms with Gasteiger partial charge in [-0.1, -0.05) is 19.9 Å². The first-order valence-corrected chi connectivity index (χ1v) is 14.9. The number of hydrogen-bond acceptors (Lipinski definition) is 5. The van der Waals surface area contributed by atoms with Crippen LogP contribution < -0.4 is 20.1 Å². The molecule has 0 spiro atoms. The third-order valence-electron chi connectivity index (χ3n) is 7.99. The summed E-state index contributed by atoms with van der Waals surface area (Å²) in [6, 6.07) is 11.0. The van der Waals surface area contributed by atoms with Crippen molar-refractivity contribution in [2.45, 2.75) is 45.6 Å². The van der Waals surface area contributed by atoms with E-state index in [9.17, 15) is 18.6 Å². The standard InChI is InChI=1S/C30H42N3O4S/c1-8-33-28-18-27-22(15-21-9-10-24(31(6)7)17-26(21)30(27,4)5)16-25(28)23(19-29(33,2)3)20-38(36,37)32(11-13-34)12-14-35/h9-10,15-19,34-35H,8,11-14,20H2,1-7H3/q+1. The maximum Gasteiger partial charge on any atom is 0.218 e. The zero-order valence-corrected chi connectivity index (χ0v) is 24.6. The van der Waals surface area contributed by atoms with Crippen LogP contribution >= 0.6 is 0 Å². The number of benzene rings is 2. The molecule has 2 aromatic rings. The molecule has 8 heteroatoms. The van der Waals surface area contributed by atoms with Gasteiger partial charge >= 0.3 is 0 Å². The molecule has 2 aliphatic rings. The molecule has 0 saturated carbocycles. The summed E-state index contributed by atoms with van der Waals surface area (Å²) in [5.41, 5.74) is 5.87. The summed E-state index contributed by atoms with van der Waals surface area (Å²) in [5, 5.41) is 21.0. The van der Waals surface area contributed by atoms with Crippen molar-refractivity contribution in [2.75, 3.05) is 57.6 Å². The Bertz CT molecular complexity index is 1500. The minimum Gasteiger partial charge on any atom is -0.395 e. The SMILES string of the molecule is CC[N+]1=c2cc3c(cc2C(CS(=O)(=O)N(CCO)CCO)=CC1(C)C)=Cc1ccc(N(C)C)cc1C3(C)C. The number of nitrogens with zero attached hydrogens (tertiary/aromatic N) is 3. The molecule has 7 nitrogen and oxygen atoms in total. The van der Waals surface area contributed by atoms with Crippen molar-refractivity contribution in [1.29, 1.82) is 0 Å². The maximum absolute atomic E-state index is 13.4. The van der Waals surface area contributed by atoms with Gasteiger partial charge in [-0.3, -0.25) is 0 Å². The lowest BCUT2D eigenvalue weighted by atomic mass is 9.71. The lowest BCUT2D eigenvalue weighted by Gasteiger charge is -2.34. The van der Waals surface area contributed by atoms with Crippen LogP contribution in [0.4, 0.5) is 5.69 Å². The number of anilines is 1. The average Bonchev–Trinajstić information content (AvgIpc) is 2.83. The van der Waals surface area contributed by atoms with Gasteiger partial charge in [0.2, 0.25) is 15.4 Å².